The monoisotopic (exact) mass is 383 g/mol. The predicted molar refractivity (Wildman–Crippen MR) is 106 cm³/mol. The average Bonchev–Trinajstić information content (AvgIpc) is 3.27. The van der Waals surface area contributed by atoms with E-state index in [1.807, 2.05) is 54.3 Å². The molecule has 4 rings (SSSR count). The molecule has 1 saturated heterocycles. The number of fused-ring (bicyclic) bond motifs is 1. The molecule has 1 aromatic heterocycles. The summed E-state index contributed by atoms with van der Waals surface area (Å²) in [5.74, 6) is 0.0197. The minimum atomic E-state index is -0.231. The van der Waals surface area contributed by atoms with Gasteiger partial charge in [0.1, 0.15) is 0 Å². The molecule has 0 bridgehead atoms. The van der Waals surface area contributed by atoms with E-state index in [1.54, 1.807) is 0 Å². The summed E-state index contributed by atoms with van der Waals surface area (Å²) in [6, 6.07) is 13.4. The Bertz CT molecular complexity index is 983. The second-order valence-corrected chi connectivity index (χ2v) is 7.74. The first-order chi connectivity index (χ1) is 13.0. The third kappa shape index (κ3) is 3.22. The van der Waals surface area contributed by atoms with Gasteiger partial charge in [0.05, 0.1) is 11.2 Å². The van der Waals surface area contributed by atoms with Crippen LogP contribution in [0.5, 0.6) is 0 Å². The first kappa shape index (κ1) is 18.0. The van der Waals surface area contributed by atoms with Crippen LogP contribution in [0.4, 0.5) is 0 Å². The highest BCUT2D eigenvalue weighted by molar-refractivity contribution is 6.30. The van der Waals surface area contributed by atoms with Gasteiger partial charge in [-0.15, -0.1) is 0 Å². The van der Waals surface area contributed by atoms with Gasteiger partial charge in [-0.2, -0.15) is 5.10 Å². The molecule has 1 atom stereocenters. The van der Waals surface area contributed by atoms with Crippen molar-refractivity contribution < 1.29 is 9.90 Å². The van der Waals surface area contributed by atoms with E-state index >= 15 is 0 Å². The SMILES string of the molecule is Cc1n[nH]c2ccc(C(=O)N3CCC(CCO)(c4ccc(Cl)cc4)C3)cc12. The zero-order valence-corrected chi connectivity index (χ0v) is 16.0. The third-order valence-corrected chi connectivity index (χ3v) is 5.94. The number of hydrogen-bond acceptors (Lipinski definition) is 3. The Kier molecular flexibility index (Phi) is 4.66. The first-order valence-corrected chi connectivity index (χ1v) is 9.51. The molecule has 0 aliphatic carbocycles. The van der Waals surface area contributed by atoms with Gasteiger partial charge < -0.3 is 10.0 Å². The van der Waals surface area contributed by atoms with Crippen molar-refractivity contribution in [2.24, 2.45) is 0 Å². The van der Waals surface area contributed by atoms with Gasteiger partial charge in [-0.05, 0) is 55.7 Å². The Hall–Kier alpha value is -2.37. The van der Waals surface area contributed by atoms with E-state index in [4.69, 9.17) is 11.6 Å². The van der Waals surface area contributed by atoms with Crippen LogP contribution < -0.4 is 0 Å². The summed E-state index contributed by atoms with van der Waals surface area (Å²) in [5, 5.41) is 18.5. The van der Waals surface area contributed by atoms with Crippen molar-refractivity contribution in [1.29, 1.82) is 0 Å². The van der Waals surface area contributed by atoms with Crippen LogP contribution in [0.1, 0.15) is 34.5 Å². The molecule has 0 saturated carbocycles. The van der Waals surface area contributed by atoms with E-state index in [-0.39, 0.29) is 17.9 Å². The fourth-order valence-corrected chi connectivity index (χ4v) is 4.23. The summed E-state index contributed by atoms with van der Waals surface area (Å²) in [7, 11) is 0. The maximum atomic E-state index is 13.1. The lowest BCUT2D eigenvalue weighted by atomic mass is 9.77. The molecule has 1 unspecified atom stereocenters. The lowest BCUT2D eigenvalue weighted by molar-refractivity contribution is 0.0779. The number of rotatable bonds is 4. The summed E-state index contributed by atoms with van der Waals surface area (Å²) in [6.07, 6.45) is 1.45. The molecule has 2 N–H and O–H groups in total. The van der Waals surface area contributed by atoms with Gasteiger partial charge in [0.25, 0.3) is 5.91 Å². The molecule has 140 valence electrons. The highest BCUT2D eigenvalue weighted by Gasteiger charge is 2.41. The molecule has 1 amide bonds. The molecule has 27 heavy (non-hydrogen) atoms. The van der Waals surface area contributed by atoms with Gasteiger partial charge in [0.2, 0.25) is 0 Å². The predicted octanol–water partition coefficient (Wildman–Crippen LogP) is 3.69. The van der Waals surface area contributed by atoms with E-state index < -0.39 is 0 Å². The lowest BCUT2D eigenvalue weighted by Crippen LogP contribution is -2.35. The topological polar surface area (TPSA) is 69.2 Å². The van der Waals surface area contributed by atoms with Crippen molar-refractivity contribution >= 4 is 28.4 Å². The largest absolute Gasteiger partial charge is 0.396 e. The summed E-state index contributed by atoms with van der Waals surface area (Å²) in [4.78, 5) is 15.0. The molecule has 0 spiro atoms. The van der Waals surface area contributed by atoms with Crippen molar-refractivity contribution in [3.8, 4) is 0 Å². The number of aryl methyl sites for hydroxylation is 1. The molecule has 2 heterocycles. The van der Waals surface area contributed by atoms with E-state index in [9.17, 15) is 9.90 Å². The quantitative estimate of drug-likeness (QED) is 0.721. The van der Waals surface area contributed by atoms with Gasteiger partial charge >= 0.3 is 0 Å². The molecule has 1 fully saturated rings. The van der Waals surface area contributed by atoms with E-state index in [0.29, 0.717) is 30.1 Å². The molecule has 0 radical (unpaired) electrons. The molecule has 1 aliphatic heterocycles. The van der Waals surface area contributed by atoms with Gasteiger partial charge in [-0.1, -0.05) is 23.7 Å². The second-order valence-electron chi connectivity index (χ2n) is 7.31. The Morgan fingerprint density at radius 3 is 2.81 bits per heavy atom. The highest BCUT2D eigenvalue weighted by Crippen LogP contribution is 2.38. The smallest absolute Gasteiger partial charge is 0.253 e. The summed E-state index contributed by atoms with van der Waals surface area (Å²) in [5.41, 5.74) is 3.38. The number of nitrogens with zero attached hydrogens (tertiary/aromatic N) is 2. The Morgan fingerprint density at radius 2 is 2.07 bits per heavy atom. The Morgan fingerprint density at radius 1 is 1.30 bits per heavy atom. The van der Waals surface area contributed by atoms with Crippen molar-refractivity contribution in [3.05, 3.63) is 64.3 Å². The van der Waals surface area contributed by atoms with Gasteiger partial charge in [-0.25, -0.2) is 0 Å². The molecule has 5 nitrogen and oxygen atoms in total. The van der Waals surface area contributed by atoms with Crippen LogP contribution in [-0.2, 0) is 5.41 Å². The number of hydrogen-bond donors (Lipinski definition) is 2. The number of likely N-dealkylation sites (tertiary alicyclic amines) is 1. The number of aliphatic hydroxyl groups is 1. The highest BCUT2D eigenvalue weighted by atomic mass is 35.5. The Labute approximate surface area is 162 Å². The maximum absolute atomic E-state index is 13.1. The van der Waals surface area contributed by atoms with Crippen molar-refractivity contribution in [2.75, 3.05) is 19.7 Å². The van der Waals surface area contributed by atoms with Crippen LogP contribution >= 0.6 is 11.6 Å². The second kappa shape index (κ2) is 6.98. The maximum Gasteiger partial charge on any atom is 0.253 e. The van der Waals surface area contributed by atoms with Crippen LogP contribution in [0, 0.1) is 6.92 Å². The van der Waals surface area contributed by atoms with Crippen LogP contribution in [0.15, 0.2) is 42.5 Å². The number of aliphatic hydroxyl groups excluding tert-OH is 1. The standard InChI is InChI=1S/C21H22ClN3O2/c1-14-18-12-15(2-7-19(18)24-23-14)20(27)25-10-8-21(13-25,9-11-26)16-3-5-17(22)6-4-16/h2-7,12,26H,8-11,13H2,1H3,(H,23,24). The fraction of sp³-hybridized carbons (Fsp3) is 0.333. The first-order valence-electron chi connectivity index (χ1n) is 9.13. The van der Waals surface area contributed by atoms with Crippen molar-refractivity contribution in [1.82, 2.24) is 15.1 Å². The Balaban J connectivity index is 1.61. The molecular weight excluding hydrogens is 362 g/mol. The molecule has 6 heteroatoms. The lowest BCUT2D eigenvalue weighted by Gasteiger charge is -2.29. The van der Waals surface area contributed by atoms with Crippen LogP contribution in [0.2, 0.25) is 5.02 Å². The number of halogens is 1. The van der Waals surface area contributed by atoms with E-state index in [1.165, 1.54) is 0 Å². The number of amides is 1. The number of aromatic nitrogens is 2. The van der Waals surface area contributed by atoms with Gasteiger partial charge in [0.15, 0.2) is 0 Å². The normalized spacial score (nSPS) is 19.7. The average molecular weight is 384 g/mol. The molecule has 1 aliphatic rings. The minimum absolute atomic E-state index is 0.0197. The van der Waals surface area contributed by atoms with Gasteiger partial charge in [-0.3, -0.25) is 9.89 Å². The summed E-state index contributed by atoms with van der Waals surface area (Å²) in [6.45, 7) is 3.28. The van der Waals surface area contributed by atoms with Crippen molar-refractivity contribution in [2.45, 2.75) is 25.2 Å². The fourth-order valence-electron chi connectivity index (χ4n) is 4.11. The number of benzene rings is 2. The zero-order valence-electron chi connectivity index (χ0n) is 15.2. The molecule has 2 aromatic carbocycles. The van der Waals surface area contributed by atoms with Crippen LogP contribution in [0.25, 0.3) is 10.9 Å². The zero-order chi connectivity index (χ0) is 19.0. The molecular formula is C21H22ClN3O2. The molecule has 3 aromatic rings. The van der Waals surface area contributed by atoms with E-state index in [2.05, 4.69) is 10.2 Å². The summed E-state index contributed by atoms with van der Waals surface area (Å²) < 4.78 is 0. The number of H-pyrrole nitrogens is 1. The number of aromatic amines is 1. The number of nitrogens with one attached hydrogen (secondary N) is 1. The van der Waals surface area contributed by atoms with E-state index in [0.717, 1.165) is 28.6 Å². The van der Waals surface area contributed by atoms with Crippen molar-refractivity contribution in [3.63, 3.8) is 0 Å². The van der Waals surface area contributed by atoms with Gasteiger partial charge in [0, 0.05) is 41.1 Å². The number of carbonyl (C=O) groups excluding carboxylic acids is 1. The van der Waals surface area contributed by atoms with Crippen LogP contribution in [-0.4, -0.2) is 45.8 Å². The number of carbonyl (C=O) groups is 1. The third-order valence-electron chi connectivity index (χ3n) is 5.69. The van der Waals surface area contributed by atoms with Crippen LogP contribution in [0.3, 0.4) is 0 Å². The summed E-state index contributed by atoms with van der Waals surface area (Å²) >= 11 is 6.03. The minimum Gasteiger partial charge on any atom is -0.396 e.